The van der Waals surface area contributed by atoms with Gasteiger partial charge in [-0.1, -0.05) is 13.3 Å². The van der Waals surface area contributed by atoms with E-state index < -0.39 is 18.1 Å². The molecule has 0 heterocycles. The molecule has 0 bridgehead atoms. The van der Waals surface area contributed by atoms with Gasteiger partial charge < -0.3 is 8.85 Å². The Kier molecular flexibility index (Phi) is 6.59. The highest BCUT2D eigenvalue weighted by atomic mass is 28.4. The molecule has 0 unspecified atom stereocenters. The first-order valence-corrected chi connectivity index (χ1v) is 10.4. The second kappa shape index (κ2) is 6.84. The van der Waals surface area contributed by atoms with Crippen LogP contribution in [-0.4, -0.2) is 24.0 Å². The number of carbonyl (C=O) groups is 1. The second-order valence-corrected chi connectivity index (χ2v) is 10.4. The summed E-state index contributed by atoms with van der Waals surface area (Å²) in [5, 5.41) is 0. The maximum atomic E-state index is 11.4. The quantitative estimate of drug-likeness (QED) is 0.312. The molecule has 0 aromatic rings. The van der Waals surface area contributed by atoms with E-state index in [-0.39, 0.29) is 5.97 Å². The zero-order chi connectivity index (χ0) is 11.9. The summed E-state index contributed by atoms with van der Waals surface area (Å²) in [6.45, 7) is 10.1. The van der Waals surface area contributed by atoms with E-state index in [1.54, 1.807) is 13.2 Å². The van der Waals surface area contributed by atoms with Crippen molar-refractivity contribution >= 4 is 24.0 Å². The van der Waals surface area contributed by atoms with Crippen molar-refractivity contribution in [3.8, 4) is 0 Å². The molecule has 15 heavy (non-hydrogen) atoms. The summed E-state index contributed by atoms with van der Waals surface area (Å²) >= 11 is 0. The summed E-state index contributed by atoms with van der Waals surface area (Å²) in [5.41, 5.74) is 0.570. The molecular formula is C10H22O3Si2. The topological polar surface area (TPSA) is 35.5 Å². The van der Waals surface area contributed by atoms with Gasteiger partial charge in [0.25, 0.3) is 0 Å². The predicted molar refractivity (Wildman–Crippen MR) is 67.9 cm³/mol. The van der Waals surface area contributed by atoms with Gasteiger partial charge in [0.05, 0.1) is 11.8 Å². The lowest BCUT2D eigenvalue weighted by Crippen LogP contribution is -2.23. The van der Waals surface area contributed by atoms with Crippen LogP contribution in [0, 0.1) is 0 Å². The average molecular weight is 246 g/mol. The van der Waals surface area contributed by atoms with Crippen molar-refractivity contribution in [3.05, 3.63) is 11.8 Å². The molecular weight excluding hydrogens is 224 g/mol. The van der Waals surface area contributed by atoms with E-state index in [1.165, 1.54) is 0 Å². The van der Waals surface area contributed by atoms with Crippen molar-refractivity contribution in [3.63, 3.8) is 0 Å². The lowest BCUT2D eigenvalue weighted by molar-refractivity contribution is -0.130. The molecule has 0 aromatic carbocycles. The molecule has 0 spiro atoms. The van der Waals surface area contributed by atoms with Gasteiger partial charge in [0, 0.05) is 0 Å². The van der Waals surface area contributed by atoms with Crippen LogP contribution in [0.1, 0.15) is 20.3 Å². The molecule has 0 aliphatic carbocycles. The summed E-state index contributed by atoms with van der Waals surface area (Å²) in [6.07, 6.45) is 2.64. The average Bonchev–Trinajstić information content (AvgIpc) is 2.13. The Bertz CT molecular complexity index is 231. The van der Waals surface area contributed by atoms with Crippen LogP contribution in [-0.2, 0) is 13.6 Å². The van der Waals surface area contributed by atoms with Crippen LogP contribution in [0.3, 0.4) is 0 Å². The predicted octanol–water partition coefficient (Wildman–Crippen LogP) is 2.20. The van der Waals surface area contributed by atoms with Gasteiger partial charge in [0.1, 0.15) is 0 Å². The summed E-state index contributed by atoms with van der Waals surface area (Å²) in [5.74, 6) is -0.214. The number of carbonyl (C=O) groups excluding carboxylic acids is 1. The van der Waals surface area contributed by atoms with Gasteiger partial charge in [-0.25, -0.2) is 4.79 Å². The first kappa shape index (κ1) is 14.4. The van der Waals surface area contributed by atoms with Gasteiger partial charge in [0.2, 0.25) is 18.1 Å². The standard InChI is InChI=1S/C10H22O3Si2/c1-6-7-14-13-10(11)9(2)8-12-15(3,4)5/h8H,6-7,14H2,1-5H3. The zero-order valence-electron chi connectivity index (χ0n) is 10.4. The van der Waals surface area contributed by atoms with Gasteiger partial charge in [-0.3, -0.25) is 0 Å². The van der Waals surface area contributed by atoms with E-state index >= 15 is 0 Å². The molecule has 0 saturated heterocycles. The Balaban J connectivity index is 3.97. The van der Waals surface area contributed by atoms with Crippen LogP contribution in [0.5, 0.6) is 0 Å². The largest absolute Gasteiger partial charge is 0.549 e. The van der Waals surface area contributed by atoms with E-state index in [2.05, 4.69) is 26.6 Å². The monoisotopic (exact) mass is 246 g/mol. The normalized spacial score (nSPS) is 13.3. The summed E-state index contributed by atoms with van der Waals surface area (Å²) in [4.78, 5) is 11.4. The minimum absolute atomic E-state index is 0.214. The lowest BCUT2D eigenvalue weighted by atomic mass is 10.4. The van der Waals surface area contributed by atoms with Gasteiger partial charge >= 0.3 is 5.97 Å². The fourth-order valence-corrected chi connectivity index (χ4v) is 2.11. The molecule has 0 saturated carbocycles. The lowest BCUT2D eigenvalue weighted by Gasteiger charge is -2.15. The highest BCUT2D eigenvalue weighted by Crippen LogP contribution is 2.06. The van der Waals surface area contributed by atoms with E-state index in [0.29, 0.717) is 5.57 Å². The highest BCUT2D eigenvalue weighted by molar-refractivity contribution is 6.69. The molecule has 3 nitrogen and oxygen atoms in total. The zero-order valence-corrected chi connectivity index (χ0v) is 12.8. The van der Waals surface area contributed by atoms with Crippen LogP contribution in [0.25, 0.3) is 0 Å². The summed E-state index contributed by atoms with van der Waals surface area (Å²) in [6, 6.07) is 1.05. The van der Waals surface area contributed by atoms with Crippen molar-refractivity contribution in [1.29, 1.82) is 0 Å². The van der Waals surface area contributed by atoms with E-state index in [0.717, 1.165) is 12.5 Å². The third-order valence-electron chi connectivity index (χ3n) is 1.64. The van der Waals surface area contributed by atoms with Crippen molar-refractivity contribution in [2.45, 2.75) is 46.0 Å². The second-order valence-electron chi connectivity index (χ2n) is 4.52. The fraction of sp³-hybridized carbons (Fsp3) is 0.700. The highest BCUT2D eigenvalue weighted by Gasteiger charge is 2.14. The van der Waals surface area contributed by atoms with Gasteiger partial charge in [-0.05, 0) is 32.6 Å². The first-order valence-electron chi connectivity index (χ1n) is 5.38. The maximum absolute atomic E-state index is 11.4. The van der Waals surface area contributed by atoms with Crippen molar-refractivity contribution in [1.82, 2.24) is 0 Å². The van der Waals surface area contributed by atoms with Crippen LogP contribution in [0.4, 0.5) is 0 Å². The van der Waals surface area contributed by atoms with Crippen LogP contribution in [0.15, 0.2) is 11.8 Å². The van der Waals surface area contributed by atoms with Gasteiger partial charge in [0.15, 0.2) is 0 Å². The Morgan fingerprint density at radius 3 is 2.47 bits per heavy atom. The summed E-state index contributed by atoms with van der Waals surface area (Å²) < 4.78 is 10.7. The van der Waals surface area contributed by atoms with Crippen molar-refractivity contribution in [2.75, 3.05) is 0 Å². The summed E-state index contributed by atoms with van der Waals surface area (Å²) in [7, 11) is -2.24. The smallest absolute Gasteiger partial charge is 0.323 e. The molecule has 88 valence electrons. The Hall–Kier alpha value is -0.556. The van der Waals surface area contributed by atoms with Crippen LogP contribution < -0.4 is 0 Å². The maximum Gasteiger partial charge on any atom is 0.323 e. The molecule has 0 radical (unpaired) electrons. The minimum Gasteiger partial charge on any atom is -0.549 e. The third-order valence-corrected chi connectivity index (χ3v) is 3.93. The molecule has 0 aromatic heterocycles. The van der Waals surface area contributed by atoms with E-state index in [4.69, 9.17) is 8.85 Å². The fourth-order valence-electron chi connectivity index (χ4n) is 0.736. The van der Waals surface area contributed by atoms with Crippen LogP contribution in [0.2, 0.25) is 25.7 Å². The molecule has 0 atom stereocenters. The first-order chi connectivity index (χ1) is 6.87. The molecule has 0 fully saturated rings. The van der Waals surface area contributed by atoms with Crippen LogP contribution >= 0.6 is 0 Å². The molecule has 5 heteroatoms. The third kappa shape index (κ3) is 8.44. The van der Waals surface area contributed by atoms with Gasteiger partial charge in [-0.2, -0.15) is 0 Å². The van der Waals surface area contributed by atoms with Crippen molar-refractivity contribution < 1.29 is 13.6 Å². The Labute approximate surface area is 95.9 Å². The van der Waals surface area contributed by atoms with E-state index in [9.17, 15) is 4.79 Å². The SMILES string of the molecule is CCC[SiH2]OC(=O)C(C)=CO[Si](C)(C)C. The Morgan fingerprint density at radius 2 is 2.00 bits per heavy atom. The van der Waals surface area contributed by atoms with Gasteiger partial charge in [-0.15, -0.1) is 0 Å². The number of rotatable bonds is 6. The molecule has 0 aliphatic heterocycles. The molecule has 0 amide bonds. The Morgan fingerprint density at radius 1 is 1.40 bits per heavy atom. The van der Waals surface area contributed by atoms with Crippen molar-refractivity contribution in [2.24, 2.45) is 0 Å². The number of hydrogen-bond donors (Lipinski definition) is 0. The molecule has 0 N–H and O–H groups in total. The molecule has 0 aliphatic rings. The molecule has 0 rings (SSSR count). The number of hydrogen-bond acceptors (Lipinski definition) is 3. The van der Waals surface area contributed by atoms with E-state index in [1.807, 2.05) is 0 Å². The minimum atomic E-state index is -1.58.